The third-order valence-corrected chi connectivity index (χ3v) is 5.11. The Morgan fingerprint density at radius 1 is 1.04 bits per heavy atom. The molecule has 1 N–H and O–H groups in total. The van der Waals surface area contributed by atoms with Crippen molar-refractivity contribution in [3.63, 3.8) is 0 Å². The van der Waals surface area contributed by atoms with Crippen LogP contribution in [0.4, 0.5) is 11.5 Å². The van der Waals surface area contributed by atoms with Gasteiger partial charge in [-0.1, -0.05) is 49.7 Å². The van der Waals surface area contributed by atoms with Crippen LogP contribution in [0, 0.1) is 5.92 Å². The Morgan fingerprint density at radius 3 is 2.59 bits per heavy atom. The summed E-state index contributed by atoms with van der Waals surface area (Å²) in [6, 6.07) is 16.4. The third-order valence-electron chi connectivity index (χ3n) is 4.88. The summed E-state index contributed by atoms with van der Waals surface area (Å²) in [6.45, 7) is 4.49. The van der Waals surface area contributed by atoms with Gasteiger partial charge < -0.3 is 5.32 Å². The zero-order valence-corrected chi connectivity index (χ0v) is 16.6. The molecule has 27 heavy (non-hydrogen) atoms. The highest BCUT2D eigenvalue weighted by molar-refractivity contribution is 6.30. The van der Waals surface area contributed by atoms with Crippen LogP contribution in [-0.2, 0) is 19.3 Å². The Morgan fingerprint density at radius 2 is 1.85 bits per heavy atom. The molecule has 0 atom stereocenters. The lowest BCUT2D eigenvalue weighted by Crippen LogP contribution is -2.04. The van der Waals surface area contributed by atoms with Crippen LogP contribution < -0.4 is 5.32 Å². The predicted molar refractivity (Wildman–Crippen MR) is 113 cm³/mol. The summed E-state index contributed by atoms with van der Waals surface area (Å²) in [6.07, 6.45) is 4.26. The highest BCUT2D eigenvalue weighted by atomic mass is 35.5. The van der Waals surface area contributed by atoms with Gasteiger partial charge in [0.1, 0.15) is 5.82 Å². The van der Waals surface area contributed by atoms with E-state index in [-0.39, 0.29) is 0 Å². The average molecular weight is 378 g/mol. The van der Waals surface area contributed by atoms with E-state index in [9.17, 15) is 0 Å². The molecular formula is C23H24ClN3. The first-order chi connectivity index (χ1) is 13.1. The second-order valence-electron chi connectivity index (χ2n) is 7.60. The van der Waals surface area contributed by atoms with E-state index < -0.39 is 0 Å². The second-order valence-corrected chi connectivity index (χ2v) is 8.04. The Balaban J connectivity index is 1.66. The summed E-state index contributed by atoms with van der Waals surface area (Å²) >= 11 is 6.16. The summed E-state index contributed by atoms with van der Waals surface area (Å²) in [7, 11) is 0. The van der Waals surface area contributed by atoms with Crippen molar-refractivity contribution in [2.45, 2.75) is 39.5 Å². The van der Waals surface area contributed by atoms with Crippen LogP contribution in [0.1, 0.15) is 37.1 Å². The summed E-state index contributed by atoms with van der Waals surface area (Å²) in [4.78, 5) is 9.64. The average Bonchev–Trinajstić information content (AvgIpc) is 3.12. The van der Waals surface area contributed by atoms with E-state index in [1.807, 2.05) is 24.3 Å². The van der Waals surface area contributed by atoms with Gasteiger partial charge in [0.2, 0.25) is 0 Å². The lowest BCUT2D eigenvalue weighted by Gasteiger charge is -2.13. The molecule has 0 amide bonds. The van der Waals surface area contributed by atoms with E-state index in [4.69, 9.17) is 21.6 Å². The first-order valence-electron chi connectivity index (χ1n) is 9.60. The van der Waals surface area contributed by atoms with Crippen molar-refractivity contribution in [2.75, 3.05) is 5.32 Å². The molecule has 1 aliphatic rings. The maximum Gasteiger partial charge on any atom is 0.161 e. The number of anilines is 2. The van der Waals surface area contributed by atoms with Gasteiger partial charge in [0.25, 0.3) is 0 Å². The Bertz CT molecular complexity index is 948. The lowest BCUT2D eigenvalue weighted by atomic mass is 10.0. The smallest absolute Gasteiger partial charge is 0.161 e. The van der Waals surface area contributed by atoms with Gasteiger partial charge in [-0.25, -0.2) is 9.97 Å². The van der Waals surface area contributed by atoms with Crippen LogP contribution in [0.15, 0.2) is 48.5 Å². The van der Waals surface area contributed by atoms with E-state index >= 15 is 0 Å². The van der Waals surface area contributed by atoms with E-state index in [0.717, 1.165) is 54.3 Å². The SMILES string of the molecule is CC(C)Cc1ccc(Nc2nc(-c3cccc(Cl)c3)nc3c2CCC3)cc1. The summed E-state index contributed by atoms with van der Waals surface area (Å²) in [5.74, 6) is 2.32. The molecule has 0 bridgehead atoms. The molecule has 0 saturated heterocycles. The Labute approximate surface area is 165 Å². The molecule has 4 heteroatoms. The highest BCUT2D eigenvalue weighted by Gasteiger charge is 2.20. The number of benzene rings is 2. The molecule has 2 aromatic carbocycles. The van der Waals surface area contributed by atoms with Gasteiger partial charge in [-0.05, 0) is 61.4 Å². The quantitative estimate of drug-likeness (QED) is 0.572. The van der Waals surface area contributed by atoms with E-state index in [0.29, 0.717) is 10.9 Å². The number of aryl methyl sites for hydroxylation is 1. The van der Waals surface area contributed by atoms with Gasteiger partial charge in [0.15, 0.2) is 5.82 Å². The van der Waals surface area contributed by atoms with Crippen molar-refractivity contribution in [3.8, 4) is 11.4 Å². The minimum absolute atomic E-state index is 0.661. The normalized spacial score (nSPS) is 13.0. The number of hydrogen-bond donors (Lipinski definition) is 1. The molecule has 0 aliphatic heterocycles. The molecule has 0 radical (unpaired) electrons. The van der Waals surface area contributed by atoms with Crippen LogP contribution >= 0.6 is 11.6 Å². The molecular weight excluding hydrogens is 354 g/mol. The van der Waals surface area contributed by atoms with Crippen LogP contribution in [0.2, 0.25) is 5.02 Å². The van der Waals surface area contributed by atoms with Crippen molar-refractivity contribution in [3.05, 3.63) is 70.4 Å². The first-order valence-corrected chi connectivity index (χ1v) is 9.98. The number of nitrogens with one attached hydrogen (secondary N) is 1. The highest BCUT2D eigenvalue weighted by Crippen LogP contribution is 2.31. The van der Waals surface area contributed by atoms with Crippen molar-refractivity contribution < 1.29 is 0 Å². The standard InChI is InChI=1S/C23H24ClN3/c1-15(2)13-16-9-11-19(12-10-16)25-23-20-7-4-8-21(20)26-22(27-23)17-5-3-6-18(24)14-17/h3,5-6,9-12,14-15H,4,7-8,13H2,1-2H3,(H,25,26,27). The van der Waals surface area contributed by atoms with Crippen LogP contribution in [0.25, 0.3) is 11.4 Å². The number of hydrogen-bond acceptors (Lipinski definition) is 3. The van der Waals surface area contributed by atoms with Gasteiger partial charge in [0, 0.05) is 27.5 Å². The number of aromatic nitrogens is 2. The molecule has 0 unspecified atom stereocenters. The Kier molecular flexibility index (Phi) is 5.13. The third kappa shape index (κ3) is 4.14. The van der Waals surface area contributed by atoms with Crippen LogP contribution in [0.5, 0.6) is 0 Å². The number of rotatable bonds is 5. The van der Waals surface area contributed by atoms with Crippen LogP contribution in [-0.4, -0.2) is 9.97 Å². The van der Waals surface area contributed by atoms with Gasteiger partial charge in [0.05, 0.1) is 0 Å². The van der Waals surface area contributed by atoms with Crippen molar-refractivity contribution in [2.24, 2.45) is 5.92 Å². The van der Waals surface area contributed by atoms with Gasteiger partial charge in [-0.2, -0.15) is 0 Å². The zero-order chi connectivity index (χ0) is 18.8. The summed E-state index contributed by atoms with van der Waals surface area (Å²) < 4.78 is 0. The molecule has 0 fully saturated rings. The van der Waals surface area contributed by atoms with Crippen LogP contribution in [0.3, 0.4) is 0 Å². The molecule has 0 saturated carbocycles. The van der Waals surface area contributed by atoms with Crippen molar-refractivity contribution in [1.82, 2.24) is 9.97 Å². The minimum Gasteiger partial charge on any atom is -0.340 e. The first kappa shape index (κ1) is 18.0. The topological polar surface area (TPSA) is 37.8 Å². The van der Waals surface area contributed by atoms with Gasteiger partial charge in [-0.3, -0.25) is 0 Å². The monoisotopic (exact) mass is 377 g/mol. The molecule has 138 valence electrons. The second kappa shape index (κ2) is 7.69. The molecule has 3 nitrogen and oxygen atoms in total. The predicted octanol–water partition coefficient (Wildman–Crippen LogP) is 6.23. The lowest BCUT2D eigenvalue weighted by molar-refractivity contribution is 0.647. The summed E-state index contributed by atoms with van der Waals surface area (Å²) in [5.41, 5.74) is 5.77. The fraction of sp³-hybridized carbons (Fsp3) is 0.304. The van der Waals surface area contributed by atoms with Gasteiger partial charge in [-0.15, -0.1) is 0 Å². The number of halogens is 1. The molecule has 1 aliphatic carbocycles. The molecule has 1 heterocycles. The number of nitrogens with zero attached hydrogens (tertiary/aromatic N) is 2. The Hall–Kier alpha value is -2.39. The largest absolute Gasteiger partial charge is 0.340 e. The molecule has 4 rings (SSSR count). The van der Waals surface area contributed by atoms with Crippen molar-refractivity contribution >= 4 is 23.1 Å². The molecule has 0 spiro atoms. The van der Waals surface area contributed by atoms with Crippen molar-refractivity contribution in [1.29, 1.82) is 0 Å². The zero-order valence-electron chi connectivity index (χ0n) is 15.8. The fourth-order valence-electron chi connectivity index (χ4n) is 3.62. The van der Waals surface area contributed by atoms with E-state index in [1.165, 1.54) is 11.1 Å². The van der Waals surface area contributed by atoms with Gasteiger partial charge >= 0.3 is 0 Å². The fourth-order valence-corrected chi connectivity index (χ4v) is 3.82. The molecule has 1 aromatic heterocycles. The van der Waals surface area contributed by atoms with E-state index in [2.05, 4.69) is 43.4 Å². The maximum absolute atomic E-state index is 6.16. The number of fused-ring (bicyclic) bond motifs is 1. The molecule has 3 aromatic rings. The van der Waals surface area contributed by atoms with E-state index in [1.54, 1.807) is 0 Å². The maximum atomic E-state index is 6.16. The minimum atomic E-state index is 0.661. The summed E-state index contributed by atoms with van der Waals surface area (Å²) in [5, 5.41) is 4.23.